The molecule has 10 atom stereocenters. The SMILES string of the molecule is CC(=O)OC[C@H]1O[C@@H](O[C@H]2[C@H](O)[C@@H](COC(=O)C(C)(C)C)O[C@H](Sc3ccccc3)[C@@H]2N=[N+]=[N-])[C@H](OC(C)=O)[C@@H](OC(C)=O)[C@H]1OC(C)=O. The first-order valence-corrected chi connectivity index (χ1v) is 16.1. The van der Waals surface area contributed by atoms with Gasteiger partial charge in [-0.3, -0.25) is 24.0 Å². The molecule has 2 heterocycles. The summed E-state index contributed by atoms with van der Waals surface area (Å²) in [5.74, 6) is -3.85. The number of hydrogen-bond acceptors (Lipinski definition) is 16. The van der Waals surface area contributed by atoms with Crippen molar-refractivity contribution in [2.45, 2.75) is 114 Å². The van der Waals surface area contributed by atoms with Crippen molar-refractivity contribution in [3.63, 3.8) is 0 Å². The Hall–Kier alpha value is -3.93. The number of thioether (sulfide) groups is 1. The van der Waals surface area contributed by atoms with Gasteiger partial charge in [-0.1, -0.05) is 35.1 Å². The molecule has 1 aromatic carbocycles. The van der Waals surface area contributed by atoms with Crippen LogP contribution in [0.15, 0.2) is 40.3 Å². The van der Waals surface area contributed by atoms with Gasteiger partial charge in [0.25, 0.3) is 0 Å². The first-order chi connectivity index (χ1) is 23.0. The second-order valence-corrected chi connectivity index (χ2v) is 13.3. The molecule has 2 saturated heterocycles. The van der Waals surface area contributed by atoms with E-state index in [-0.39, 0.29) is 0 Å². The van der Waals surface area contributed by atoms with Gasteiger partial charge in [0.1, 0.15) is 49.1 Å². The van der Waals surface area contributed by atoms with Crippen molar-refractivity contribution in [1.29, 1.82) is 0 Å². The number of benzene rings is 1. The smallest absolute Gasteiger partial charge is 0.311 e. The monoisotopic (exact) mass is 711 g/mol. The van der Waals surface area contributed by atoms with E-state index in [1.807, 2.05) is 0 Å². The van der Waals surface area contributed by atoms with Gasteiger partial charge in [-0.2, -0.15) is 0 Å². The molecule has 3 rings (SSSR count). The number of esters is 5. The van der Waals surface area contributed by atoms with E-state index in [1.165, 1.54) is 0 Å². The van der Waals surface area contributed by atoms with E-state index >= 15 is 0 Å². The van der Waals surface area contributed by atoms with Crippen LogP contribution in [0.5, 0.6) is 0 Å². The molecular weight excluding hydrogens is 670 g/mol. The minimum Gasteiger partial charge on any atom is -0.463 e. The highest BCUT2D eigenvalue weighted by Crippen LogP contribution is 2.39. The molecule has 0 aromatic heterocycles. The van der Waals surface area contributed by atoms with Gasteiger partial charge in [-0.25, -0.2) is 0 Å². The van der Waals surface area contributed by atoms with E-state index in [2.05, 4.69) is 10.0 Å². The molecule has 18 heteroatoms. The Morgan fingerprint density at radius 1 is 0.816 bits per heavy atom. The van der Waals surface area contributed by atoms with E-state index in [4.69, 9.17) is 37.9 Å². The fraction of sp³-hybridized carbons (Fsp3) is 0.645. The lowest BCUT2D eigenvalue weighted by Crippen LogP contribution is -2.66. The Morgan fingerprint density at radius 3 is 1.94 bits per heavy atom. The fourth-order valence-electron chi connectivity index (χ4n) is 4.94. The molecule has 0 aliphatic carbocycles. The normalized spacial score (nSPS) is 29.8. The molecule has 270 valence electrons. The van der Waals surface area contributed by atoms with Crippen molar-refractivity contribution in [3.05, 3.63) is 40.8 Å². The number of azide groups is 1. The van der Waals surface area contributed by atoms with Gasteiger partial charge >= 0.3 is 29.8 Å². The van der Waals surface area contributed by atoms with E-state index < -0.39 is 109 Å². The quantitative estimate of drug-likeness (QED) is 0.108. The Balaban J connectivity index is 2.09. The zero-order chi connectivity index (χ0) is 36.5. The van der Waals surface area contributed by atoms with Crippen LogP contribution >= 0.6 is 11.8 Å². The maximum atomic E-state index is 12.6. The van der Waals surface area contributed by atoms with Crippen molar-refractivity contribution >= 4 is 41.6 Å². The van der Waals surface area contributed by atoms with Crippen molar-refractivity contribution in [1.82, 2.24) is 0 Å². The minimum absolute atomic E-state index is 0.426. The van der Waals surface area contributed by atoms with Crippen molar-refractivity contribution in [2.75, 3.05) is 13.2 Å². The third-order valence-electron chi connectivity index (χ3n) is 7.05. The minimum atomic E-state index is -1.71. The summed E-state index contributed by atoms with van der Waals surface area (Å²) in [6.07, 6.45) is -12.1. The summed E-state index contributed by atoms with van der Waals surface area (Å²) in [6, 6.07) is 7.61. The zero-order valence-corrected chi connectivity index (χ0v) is 28.9. The highest BCUT2D eigenvalue weighted by Gasteiger charge is 2.56. The van der Waals surface area contributed by atoms with Gasteiger partial charge in [0.15, 0.2) is 24.6 Å². The van der Waals surface area contributed by atoms with Crippen LogP contribution in [0.4, 0.5) is 0 Å². The predicted molar refractivity (Wildman–Crippen MR) is 167 cm³/mol. The average molecular weight is 712 g/mol. The van der Waals surface area contributed by atoms with Crippen LogP contribution in [0.3, 0.4) is 0 Å². The van der Waals surface area contributed by atoms with Crippen LogP contribution in [0.1, 0.15) is 48.5 Å². The topological polar surface area (TPSA) is 228 Å². The standard InChI is InChI=1S/C31H41N3O14S/c1-15(35)41-14-21-24(43-16(2)36)26(44-17(3)37)27(45-18(4)38)28(46-21)48-25-22(33-34-32)29(49-19-11-9-8-10-12-19)47-20(23(25)39)13-42-30(40)31(5,6)7/h8-12,20-29,39H,13-14H2,1-7H3/t20-,21-,22-,23-,24+,25-,26+,27-,28+,29-/m1/s1. The second-order valence-electron chi connectivity index (χ2n) is 12.2. The summed E-state index contributed by atoms with van der Waals surface area (Å²) < 4.78 is 45.4. The summed E-state index contributed by atoms with van der Waals surface area (Å²) in [4.78, 5) is 64.7. The van der Waals surface area contributed by atoms with Gasteiger partial charge < -0.3 is 43.0 Å². The Morgan fingerprint density at radius 2 is 1.39 bits per heavy atom. The third-order valence-corrected chi connectivity index (χ3v) is 8.22. The number of carbonyl (C=O) groups excluding carboxylic acids is 5. The summed E-state index contributed by atoms with van der Waals surface area (Å²) >= 11 is 1.13. The van der Waals surface area contributed by atoms with Crippen LogP contribution in [0.2, 0.25) is 0 Å². The summed E-state index contributed by atoms with van der Waals surface area (Å²) in [6.45, 7) is 8.33. The van der Waals surface area contributed by atoms with Crippen molar-refractivity contribution < 1.29 is 67.0 Å². The molecule has 2 aliphatic heterocycles. The molecule has 49 heavy (non-hydrogen) atoms. The van der Waals surface area contributed by atoms with Crippen molar-refractivity contribution in [3.8, 4) is 0 Å². The lowest BCUT2D eigenvalue weighted by atomic mass is 9.95. The number of aliphatic hydroxyl groups is 1. The molecule has 0 unspecified atom stereocenters. The average Bonchev–Trinajstić information content (AvgIpc) is 3.00. The van der Waals surface area contributed by atoms with E-state index in [9.17, 15) is 34.6 Å². The molecule has 17 nitrogen and oxygen atoms in total. The van der Waals surface area contributed by atoms with Crippen LogP contribution in [0, 0.1) is 5.41 Å². The first-order valence-electron chi connectivity index (χ1n) is 15.2. The lowest BCUT2D eigenvalue weighted by molar-refractivity contribution is -0.331. The van der Waals surface area contributed by atoms with E-state index in [0.29, 0.717) is 4.90 Å². The zero-order valence-electron chi connectivity index (χ0n) is 28.1. The molecule has 0 radical (unpaired) electrons. The summed E-state index contributed by atoms with van der Waals surface area (Å²) in [5.41, 5.74) is 7.66. The van der Waals surface area contributed by atoms with Gasteiger partial charge in [0.2, 0.25) is 0 Å². The van der Waals surface area contributed by atoms with Crippen LogP contribution in [0.25, 0.3) is 10.4 Å². The highest BCUT2D eigenvalue weighted by molar-refractivity contribution is 7.99. The molecule has 0 bridgehead atoms. The van der Waals surface area contributed by atoms with Crippen LogP contribution in [-0.2, 0) is 61.9 Å². The summed E-state index contributed by atoms with van der Waals surface area (Å²) in [5, 5.41) is 15.5. The molecular formula is C31H41N3O14S. The van der Waals surface area contributed by atoms with Crippen molar-refractivity contribution in [2.24, 2.45) is 10.5 Å². The second kappa shape index (κ2) is 17.6. The molecule has 1 aromatic rings. The maximum Gasteiger partial charge on any atom is 0.311 e. The Labute approximate surface area is 286 Å². The number of rotatable bonds is 12. The number of hydrogen-bond donors (Lipinski definition) is 1. The number of nitrogens with zero attached hydrogens (tertiary/aromatic N) is 3. The van der Waals surface area contributed by atoms with Crippen LogP contribution < -0.4 is 0 Å². The number of aliphatic hydroxyl groups excluding tert-OH is 1. The molecule has 0 spiro atoms. The maximum absolute atomic E-state index is 12.6. The van der Waals surface area contributed by atoms with Gasteiger partial charge in [-0.05, 0) is 38.4 Å². The van der Waals surface area contributed by atoms with E-state index in [0.717, 1.165) is 39.5 Å². The van der Waals surface area contributed by atoms with E-state index in [1.54, 1.807) is 51.1 Å². The molecule has 0 saturated carbocycles. The number of ether oxygens (including phenoxy) is 8. The molecule has 2 aliphatic rings. The molecule has 2 fully saturated rings. The largest absolute Gasteiger partial charge is 0.463 e. The van der Waals surface area contributed by atoms with Gasteiger partial charge in [0, 0.05) is 37.5 Å². The third kappa shape index (κ3) is 11.3. The van der Waals surface area contributed by atoms with Gasteiger partial charge in [0.05, 0.1) is 5.41 Å². The van der Waals surface area contributed by atoms with Gasteiger partial charge in [-0.15, -0.1) is 0 Å². The van der Waals surface area contributed by atoms with Crippen LogP contribution in [-0.4, -0.2) is 109 Å². The fourth-order valence-corrected chi connectivity index (χ4v) is 6.07. The number of carbonyl (C=O) groups is 5. The Kier molecular flexibility index (Phi) is 14.2. The highest BCUT2D eigenvalue weighted by atomic mass is 32.2. The molecule has 0 amide bonds. The summed E-state index contributed by atoms with van der Waals surface area (Å²) in [7, 11) is 0. The lowest BCUT2D eigenvalue weighted by Gasteiger charge is -2.48. The Bertz CT molecular complexity index is 1380. The predicted octanol–water partition coefficient (Wildman–Crippen LogP) is 2.60. The first kappa shape index (κ1) is 39.5. The molecule has 1 N–H and O–H groups in total.